The third-order valence-electron chi connectivity index (χ3n) is 3.02. The van der Waals surface area contributed by atoms with Gasteiger partial charge >= 0.3 is 0 Å². The molecule has 108 valence electrons. The first kappa shape index (κ1) is 15.9. The Morgan fingerprint density at radius 1 is 1.32 bits per heavy atom. The first-order valence-corrected chi connectivity index (χ1v) is 7.11. The average Bonchev–Trinajstić information content (AvgIpc) is 2.37. The summed E-state index contributed by atoms with van der Waals surface area (Å²) in [6, 6.07) is 4.93. The van der Waals surface area contributed by atoms with Gasteiger partial charge in [-0.25, -0.2) is 4.98 Å². The van der Waals surface area contributed by atoms with Gasteiger partial charge in [0.25, 0.3) is 0 Å². The molecule has 0 saturated carbocycles. The van der Waals surface area contributed by atoms with Crippen LogP contribution in [0.15, 0.2) is 18.3 Å². The lowest BCUT2D eigenvalue weighted by Gasteiger charge is -2.29. The Kier molecular flexibility index (Phi) is 6.81. The van der Waals surface area contributed by atoms with Crippen molar-refractivity contribution in [1.82, 2.24) is 10.3 Å². The average molecular weight is 265 g/mol. The van der Waals surface area contributed by atoms with Gasteiger partial charge in [0.2, 0.25) is 0 Å². The second-order valence-electron chi connectivity index (χ2n) is 5.39. The summed E-state index contributed by atoms with van der Waals surface area (Å²) in [6.07, 6.45) is 2.61. The number of hydrogen-bond acceptors (Lipinski definition) is 4. The van der Waals surface area contributed by atoms with Crippen LogP contribution in [0.1, 0.15) is 39.7 Å². The Morgan fingerprint density at radius 3 is 2.63 bits per heavy atom. The fourth-order valence-corrected chi connectivity index (χ4v) is 1.99. The minimum absolute atomic E-state index is 0.218. The molecule has 0 unspecified atom stereocenters. The summed E-state index contributed by atoms with van der Waals surface area (Å²) in [4.78, 5) is 6.79. The van der Waals surface area contributed by atoms with Crippen LogP contribution in [-0.4, -0.2) is 35.3 Å². The van der Waals surface area contributed by atoms with Gasteiger partial charge in [-0.05, 0) is 26.3 Å². The predicted octanol–water partition coefficient (Wildman–Crippen LogP) is 2.18. The van der Waals surface area contributed by atoms with Crippen LogP contribution < -0.4 is 10.2 Å². The first-order valence-electron chi connectivity index (χ1n) is 7.11. The van der Waals surface area contributed by atoms with Crippen molar-refractivity contribution < 1.29 is 5.11 Å². The number of aliphatic hydroxyl groups excluding tert-OH is 1. The predicted molar refractivity (Wildman–Crippen MR) is 80.4 cm³/mol. The van der Waals surface area contributed by atoms with Gasteiger partial charge in [0.05, 0.1) is 0 Å². The summed E-state index contributed by atoms with van der Waals surface area (Å²) in [5.74, 6) is 1.03. The molecule has 1 aromatic rings. The van der Waals surface area contributed by atoms with E-state index in [2.05, 4.69) is 49.0 Å². The minimum Gasteiger partial charge on any atom is -0.396 e. The van der Waals surface area contributed by atoms with E-state index in [0.29, 0.717) is 12.1 Å². The lowest BCUT2D eigenvalue weighted by Crippen LogP contribution is -2.34. The zero-order valence-electron chi connectivity index (χ0n) is 12.6. The van der Waals surface area contributed by atoms with Crippen LogP contribution in [0.25, 0.3) is 0 Å². The Balaban J connectivity index is 2.88. The highest BCUT2D eigenvalue weighted by molar-refractivity contribution is 5.47. The number of nitrogens with zero attached hydrogens (tertiary/aromatic N) is 2. The van der Waals surface area contributed by atoms with Gasteiger partial charge in [0, 0.05) is 43.5 Å². The summed E-state index contributed by atoms with van der Waals surface area (Å²) < 4.78 is 0. The number of nitrogens with one attached hydrogen (secondary N) is 1. The standard InChI is InChI=1S/C15H27N3O/c1-12(2)17-11-14-7-5-8-16-15(14)18(13(3)4)9-6-10-19/h5,7-8,12-13,17,19H,6,9-11H2,1-4H3. The van der Waals surface area contributed by atoms with Crippen molar-refractivity contribution in [3.05, 3.63) is 23.9 Å². The fourth-order valence-electron chi connectivity index (χ4n) is 1.99. The van der Waals surface area contributed by atoms with E-state index in [4.69, 9.17) is 5.11 Å². The molecule has 0 bridgehead atoms. The number of anilines is 1. The van der Waals surface area contributed by atoms with Gasteiger partial charge in [0.1, 0.15) is 5.82 Å². The van der Waals surface area contributed by atoms with Gasteiger partial charge in [-0.2, -0.15) is 0 Å². The van der Waals surface area contributed by atoms with Crippen molar-refractivity contribution in [2.24, 2.45) is 0 Å². The molecule has 4 nitrogen and oxygen atoms in total. The molecular formula is C15H27N3O. The molecule has 0 radical (unpaired) electrons. The quantitative estimate of drug-likeness (QED) is 0.756. The second kappa shape index (κ2) is 8.12. The van der Waals surface area contributed by atoms with E-state index in [9.17, 15) is 0 Å². The fraction of sp³-hybridized carbons (Fsp3) is 0.667. The largest absolute Gasteiger partial charge is 0.396 e. The van der Waals surface area contributed by atoms with Gasteiger partial charge in [0.15, 0.2) is 0 Å². The molecule has 0 fully saturated rings. The Labute approximate surface area is 116 Å². The summed E-state index contributed by atoms with van der Waals surface area (Å²) >= 11 is 0. The maximum atomic E-state index is 9.03. The molecule has 1 heterocycles. The van der Waals surface area contributed by atoms with E-state index in [0.717, 1.165) is 25.3 Å². The summed E-state index contributed by atoms with van der Waals surface area (Å²) in [5.41, 5.74) is 1.21. The highest BCUT2D eigenvalue weighted by Crippen LogP contribution is 2.20. The molecule has 0 amide bonds. The van der Waals surface area contributed by atoms with Gasteiger partial charge in [-0.15, -0.1) is 0 Å². The molecule has 4 heteroatoms. The molecule has 0 atom stereocenters. The lowest BCUT2D eigenvalue weighted by atomic mass is 10.2. The van der Waals surface area contributed by atoms with E-state index in [1.165, 1.54) is 5.56 Å². The monoisotopic (exact) mass is 265 g/mol. The van der Waals surface area contributed by atoms with E-state index in [1.54, 1.807) is 0 Å². The molecule has 0 aliphatic heterocycles. The molecule has 2 N–H and O–H groups in total. The molecule has 0 aliphatic rings. The number of pyridine rings is 1. The van der Waals surface area contributed by atoms with Crippen LogP contribution >= 0.6 is 0 Å². The number of aliphatic hydroxyl groups is 1. The topological polar surface area (TPSA) is 48.4 Å². The summed E-state index contributed by atoms with van der Waals surface area (Å²) in [7, 11) is 0. The van der Waals surface area contributed by atoms with Gasteiger partial charge in [-0.1, -0.05) is 19.9 Å². The van der Waals surface area contributed by atoms with Crippen LogP contribution in [0.2, 0.25) is 0 Å². The number of rotatable bonds is 8. The van der Waals surface area contributed by atoms with Gasteiger partial charge < -0.3 is 15.3 Å². The Bertz CT molecular complexity index is 366. The van der Waals surface area contributed by atoms with Crippen LogP contribution in [-0.2, 0) is 6.54 Å². The molecule has 0 aliphatic carbocycles. The molecule has 1 aromatic heterocycles. The van der Waals surface area contributed by atoms with E-state index >= 15 is 0 Å². The van der Waals surface area contributed by atoms with Crippen molar-refractivity contribution in [2.45, 2.75) is 52.7 Å². The van der Waals surface area contributed by atoms with E-state index in [1.807, 2.05) is 12.3 Å². The van der Waals surface area contributed by atoms with Crippen LogP contribution in [0.5, 0.6) is 0 Å². The molecule has 0 spiro atoms. The number of aromatic nitrogens is 1. The molecule has 1 rings (SSSR count). The summed E-state index contributed by atoms with van der Waals surface area (Å²) in [5, 5.41) is 12.5. The normalized spacial score (nSPS) is 11.3. The zero-order valence-corrected chi connectivity index (χ0v) is 12.6. The van der Waals surface area contributed by atoms with Crippen molar-refractivity contribution in [3.63, 3.8) is 0 Å². The van der Waals surface area contributed by atoms with Crippen molar-refractivity contribution >= 4 is 5.82 Å². The van der Waals surface area contributed by atoms with Crippen molar-refractivity contribution in [1.29, 1.82) is 0 Å². The van der Waals surface area contributed by atoms with E-state index in [-0.39, 0.29) is 6.61 Å². The van der Waals surface area contributed by atoms with Crippen LogP contribution in [0, 0.1) is 0 Å². The molecule has 19 heavy (non-hydrogen) atoms. The van der Waals surface area contributed by atoms with Gasteiger partial charge in [-0.3, -0.25) is 0 Å². The van der Waals surface area contributed by atoms with Crippen LogP contribution in [0.4, 0.5) is 5.82 Å². The first-order chi connectivity index (χ1) is 9.06. The molecular weight excluding hydrogens is 238 g/mol. The molecule has 0 saturated heterocycles. The van der Waals surface area contributed by atoms with E-state index < -0.39 is 0 Å². The third kappa shape index (κ3) is 5.17. The van der Waals surface area contributed by atoms with Crippen molar-refractivity contribution in [2.75, 3.05) is 18.1 Å². The lowest BCUT2D eigenvalue weighted by molar-refractivity contribution is 0.288. The zero-order chi connectivity index (χ0) is 14.3. The van der Waals surface area contributed by atoms with Crippen molar-refractivity contribution in [3.8, 4) is 0 Å². The Morgan fingerprint density at radius 2 is 2.05 bits per heavy atom. The van der Waals surface area contributed by atoms with Crippen LogP contribution in [0.3, 0.4) is 0 Å². The smallest absolute Gasteiger partial charge is 0.133 e. The SMILES string of the molecule is CC(C)NCc1cccnc1N(CCCO)C(C)C. The highest BCUT2D eigenvalue weighted by atomic mass is 16.3. The number of hydrogen-bond donors (Lipinski definition) is 2. The third-order valence-corrected chi connectivity index (χ3v) is 3.02. The summed E-state index contributed by atoms with van der Waals surface area (Å²) in [6.45, 7) is 10.5. The Hall–Kier alpha value is -1.13. The highest BCUT2D eigenvalue weighted by Gasteiger charge is 2.15. The minimum atomic E-state index is 0.218. The maximum absolute atomic E-state index is 9.03. The maximum Gasteiger partial charge on any atom is 0.133 e. The molecule has 0 aromatic carbocycles. The second-order valence-corrected chi connectivity index (χ2v) is 5.39.